The van der Waals surface area contributed by atoms with Crippen LogP contribution in [0.2, 0.25) is 0 Å². The van der Waals surface area contributed by atoms with Crippen molar-refractivity contribution in [3.05, 3.63) is 77.0 Å². The Balaban J connectivity index is 2.40. The third-order valence-corrected chi connectivity index (χ3v) is 4.37. The van der Waals surface area contributed by atoms with E-state index in [9.17, 15) is 39.6 Å². The fourth-order valence-electron chi connectivity index (χ4n) is 3.18. The molecule has 0 atom stereocenters. The van der Waals surface area contributed by atoms with Crippen LogP contribution in [0, 0.1) is 0 Å². The highest BCUT2D eigenvalue weighted by atomic mass is 16.4. The van der Waals surface area contributed by atoms with Crippen molar-refractivity contribution in [2.75, 3.05) is 0 Å². The summed E-state index contributed by atoms with van der Waals surface area (Å²) in [6.07, 6.45) is 1.33. The van der Waals surface area contributed by atoms with E-state index in [0.29, 0.717) is 0 Å². The van der Waals surface area contributed by atoms with E-state index in [1.807, 2.05) is 0 Å². The summed E-state index contributed by atoms with van der Waals surface area (Å²) in [5.41, 5.74) is -1.83. The van der Waals surface area contributed by atoms with Crippen molar-refractivity contribution in [3.8, 4) is 22.4 Å². The van der Waals surface area contributed by atoms with Crippen molar-refractivity contribution >= 4 is 23.9 Å². The van der Waals surface area contributed by atoms with Crippen LogP contribution >= 0.6 is 0 Å². The van der Waals surface area contributed by atoms with Gasteiger partial charge in [-0.3, -0.25) is 4.98 Å². The molecule has 9 heteroatoms. The average molecular weight is 407 g/mol. The van der Waals surface area contributed by atoms with Crippen LogP contribution < -0.4 is 0 Å². The molecule has 3 aromatic rings. The molecule has 0 aliphatic heterocycles. The summed E-state index contributed by atoms with van der Waals surface area (Å²) in [5.74, 6) is -5.89. The lowest BCUT2D eigenvalue weighted by atomic mass is 9.90. The van der Waals surface area contributed by atoms with E-state index >= 15 is 0 Å². The van der Waals surface area contributed by atoms with Gasteiger partial charge in [-0.2, -0.15) is 0 Å². The molecule has 0 fully saturated rings. The summed E-state index contributed by atoms with van der Waals surface area (Å²) < 4.78 is 0. The van der Waals surface area contributed by atoms with E-state index in [-0.39, 0.29) is 22.4 Å². The smallest absolute Gasteiger partial charge is 0.337 e. The summed E-state index contributed by atoms with van der Waals surface area (Å²) in [5, 5.41) is 38.0. The van der Waals surface area contributed by atoms with Gasteiger partial charge in [-0.05, 0) is 23.8 Å². The van der Waals surface area contributed by atoms with Crippen LogP contribution in [-0.4, -0.2) is 49.3 Å². The van der Waals surface area contributed by atoms with Gasteiger partial charge in [-0.25, -0.2) is 19.2 Å². The van der Waals surface area contributed by atoms with Crippen LogP contribution in [0.3, 0.4) is 0 Å². The molecule has 1 heterocycles. The summed E-state index contributed by atoms with van der Waals surface area (Å²) in [6, 6.07) is 10.6. The predicted molar refractivity (Wildman–Crippen MR) is 103 cm³/mol. The highest BCUT2D eigenvalue weighted by Crippen LogP contribution is 2.36. The summed E-state index contributed by atoms with van der Waals surface area (Å²) >= 11 is 0. The zero-order valence-electron chi connectivity index (χ0n) is 15.1. The number of benzene rings is 2. The van der Waals surface area contributed by atoms with Crippen molar-refractivity contribution in [1.29, 1.82) is 0 Å². The third-order valence-electron chi connectivity index (χ3n) is 4.37. The van der Waals surface area contributed by atoms with E-state index in [4.69, 9.17) is 0 Å². The Morgan fingerprint density at radius 1 is 0.567 bits per heavy atom. The maximum atomic E-state index is 11.8. The first-order valence-corrected chi connectivity index (χ1v) is 8.39. The van der Waals surface area contributed by atoms with Crippen molar-refractivity contribution in [1.82, 2.24) is 4.98 Å². The van der Waals surface area contributed by atoms with Crippen LogP contribution in [0.25, 0.3) is 22.4 Å². The van der Waals surface area contributed by atoms with Gasteiger partial charge >= 0.3 is 23.9 Å². The van der Waals surface area contributed by atoms with Gasteiger partial charge in [0.1, 0.15) is 0 Å². The molecule has 2 aromatic carbocycles. The molecular formula is C21H13NO8. The largest absolute Gasteiger partial charge is 0.478 e. The van der Waals surface area contributed by atoms with Crippen molar-refractivity contribution in [2.24, 2.45) is 0 Å². The van der Waals surface area contributed by atoms with E-state index in [1.165, 1.54) is 42.6 Å². The van der Waals surface area contributed by atoms with Crippen molar-refractivity contribution in [2.45, 2.75) is 0 Å². The number of hydrogen-bond acceptors (Lipinski definition) is 5. The Morgan fingerprint density at radius 2 is 1.03 bits per heavy atom. The maximum Gasteiger partial charge on any atom is 0.337 e. The monoisotopic (exact) mass is 407 g/mol. The lowest BCUT2D eigenvalue weighted by molar-refractivity contribution is 0.0652. The number of carboxylic acid groups (broad SMARTS) is 4. The van der Waals surface area contributed by atoms with E-state index in [0.717, 1.165) is 12.1 Å². The normalized spacial score (nSPS) is 10.4. The first-order valence-electron chi connectivity index (χ1n) is 8.39. The second kappa shape index (κ2) is 7.84. The zero-order chi connectivity index (χ0) is 22.0. The SMILES string of the molecule is O=C(O)c1cccc(-c2cccnc2-c2cccc(C(=O)O)c2C(=O)O)c1C(=O)O. The predicted octanol–water partition coefficient (Wildman–Crippen LogP) is 3.21. The molecule has 0 amide bonds. The second-order valence-electron chi connectivity index (χ2n) is 6.08. The Bertz CT molecular complexity index is 1120. The van der Waals surface area contributed by atoms with Gasteiger partial charge in [-0.1, -0.05) is 30.3 Å². The number of carbonyl (C=O) groups is 4. The number of hydrogen-bond donors (Lipinski definition) is 4. The number of pyridine rings is 1. The number of carboxylic acids is 4. The van der Waals surface area contributed by atoms with Gasteiger partial charge in [0.25, 0.3) is 0 Å². The first kappa shape index (κ1) is 20.2. The van der Waals surface area contributed by atoms with Crippen LogP contribution in [0.5, 0.6) is 0 Å². The fourth-order valence-corrected chi connectivity index (χ4v) is 3.18. The molecule has 0 bridgehead atoms. The molecule has 3 rings (SSSR count). The number of aromatic nitrogens is 1. The van der Waals surface area contributed by atoms with Crippen LogP contribution in [0.1, 0.15) is 41.4 Å². The van der Waals surface area contributed by atoms with Gasteiger partial charge in [0.2, 0.25) is 0 Å². The van der Waals surface area contributed by atoms with Gasteiger partial charge in [0.15, 0.2) is 0 Å². The van der Waals surface area contributed by atoms with Crippen molar-refractivity contribution in [3.63, 3.8) is 0 Å². The van der Waals surface area contributed by atoms with Crippen LogP contribution in [-0.2, 0) is 0 Å². The minimum absolute atomic E-state index is 0.00238. The standard InChI is InChI=1S/C21H13NO8/c23-18(24)13-6-1-4-10(15(13)20(27)28)11-8-3-9-22-17(11)12-5-2-7-14(19(25)26)16(12)21(29)30/h1-9H,(H,23,24)(H,25,26)(H,27,28)(H,29,30). The molecule has 0 spiro atoms. The highest BCUT2D eigenvalue weighted by Gasteiger charge is 2.26. The van der Waals surface area contributed by atoms with Crippen molar-refractivity contribution < 1.29 is 39.6 Å². The van der Waals surface area contributed by atoms with E-state index < -0.39 is 46.1 Å². The van der Waals surface area contributed by atoms with Gasteiger partial charge in [0, 0.05) is 17.3 Å². The lowest BCUT2D eigenvalue weighted by Gasteiger charge is -2.15. The molecular weight excluding hydrogens is 394 g/mol. The summed E-state index contributed by atoms with van der Waals surface area (Å²) in [7, 11) is 0. The molecule has 9 nitrogen and oxygen atoms in total. The molecule has 0 saturated carbocycles. The van der Waals surface area contributed by atoms with Gasteiger partial charge in [0.05, 0.1) is 27.9 Å². The zero-order valence-corrected chi connectivity index (χ0v) is 15.1. The minimum Gasteiger partial charge on any atom is -0.478 e. The molecule has 0 aliphatic rings. The quantitative estimate of drug-likeness (QED) is 0.480. The topological polar surface area (TPSA) is 162 Å². The molecule has 0 aliphatic carbocycles. The molecule has 4 N–H and O–H groups in total. The number of rotatable bonds is 6. The Labute approximate surface area is 168 Å². The maximum absolute atomic E-state index is 11.8. The number of aromatic carboxylic acids is 4. The van der Waals surface area contributed by atoms with E-state index in [2.05, 4.69) is 4.98 Å². The Morgan fingerprint density at radius 3 is 1.53 bits per heavy atom. The molecule has 0 saturated heterocycles. The molecule has 150 valence electrons. The molecule has 0 radical (unpaired) electrons. The summed E-state index contributed by atoms with van der Waals surface area (Å²) in [4.78, 5) is 50.8. The average Bonchev–Trinajstić information content (AvgIpc) is 2.72. The van der Waals surface area contributed by atoms with Crippen LogP contribution in [0.15, 0.2) is 54.7 Å². The molecule has 1 aromatic heterocycles. The molecule has 30 heavy (non-hydrogen) atoms. The highest BCUT2D eigenvalue weighted by molar-refractivity contribution is 6.10. The van der Waals surface area contributed by atoms with Gasteiger partial charge < -0.3 is 20.4 Å². The van der Waals surface area contributed by atoms with Crippen LogP contribution in [0.4, 0.5) is 0 Å². The lowest BCUT2D eigenvalue weighted by Crippen LogP contribution is -2.12. The summed E-state index contributed by atoms with van der Waals surface area (Å²) in [6.45, 7) is 0. The number of nitrogens with zero attached hydrogens (tertiary/aromatic N) is 1. The second-order valence-corrected chi connectivity index (χ2v) is 6.08. The fraction of sp³-hybridized carbons (Fsp3) is 0. The minimum atomic E-state index is -1.50. The van der Waals surface area contributed by atoms with Gasteiger partial charge in [-0.15, -0.1) is 0 Å². The third kappa shape index (κ3) is 3.47. The molecule has 0 unspecified atom stereocenters. The first-order chi connectivity index (χ1) is 14.2. The Kier molecular flexibility index (Phi) is 5.28. The van der Waals surface area contributed by atoms with E-state index in [1.54, 1.807) is 0 Å². The Hall–Kier alpha value is -4.53.